The number of nitrogens with zero attached hydrogens (tertiary/aromatic N) is 3. The molecule has 4 nitrogen and oxygen atoms in total. The number of hydrogen-bond donors (Lipinski definition) is 0. The van der Waals surface area contributed by atoms with E-state index in [0.717, 1.165) is 20.4 Å². The Morgan fingerprint density at radius 2 is 1.66 bits per heavy atom. The number of benzene rings is 3. The lowest BCUT2D eigenvalue weighted by Crippen LogP contribution is -2.22. The molecular formula is C27H22IN3O. The Bertz CT molecular complexity index is 1570. The van der Waals surface area contributed by atoms with E-state index >= 15 is 0 Å². The number of aromatic nitrogens is 3. The summed E-state index contributed by atoms with van der Waals surface area (Å²) in [7, 11) is 2.08. The maximum absolute atomic E-state index is 13.6. The van der Waals surface area contributed by atoms with E-state index in [1.807, 2.05) is 55.5 Å². The van der Waals surface area contributed by atoms with Gasteiger partial charge in [-0.3, -0.25) is 9.36 Å². The van der Waals surface area contributed by atoms with Crippen molar-refractivity contribution in [1.29, 1.82) is 0 Å². The van der Waals surface area contributed by atoms with Crippen LogP contribution in [-0.4, -0.2) is 14.1 Å². The lowest BCUT2D eigenvalue weighted by Gasteiger charge is -2.12. The van der Waals surface area contributed by atoms with Gasteiger partial charge in [-0.1, -0.05) is 35.9 Å². The molecule has 0 amide bonds. The number of halogens is 1. The van der Waals surface area contributed by atoms with Gasteiger partial charge < -0.3 is 4.57 Å². The fraction of sp³-hybridized carbons (Fsp3) is 0.111. The van der Waals surface area contributed by atoms with Crippen molar-refractivity contribution in [3.05, 3.63) is 103 Å². The summed E-state index contributed by atoms with van der Waals surface area (Å²) in [5.41, 5.74) is 6.08. The van der Waals surface area contributed by atoms with Crippen molar-refractivity contribution in [2.45, 2.75) is 13.8 Å². The largest absolute Gasteiger partial charge is 0.347 e. The second kappa shape index (κ2) is 8.06. The molecule has 0 saturated carbocycles. The lowest BCUT2D eigenvalue weighted by atomic mass is 10.1. The summed E-state index contributed by atoms with van der Waals surface area (Å²) in [5, 5.41) is 1.80. The number of aryl methyl sites for hydroxylation is 2. The van der Waals surface area contributed by atoms with Crippen LogP contribution in [0.4, 0.5) is 0 Å². The number of fused-ring (bicyclic) bond motifs is 2. The average Bonchev–Trinajstić information content (AvgIpc) is 3.04. The highest BCUT2D eigenvalue weighted by molar-refractivity contribution is 14.1. The van der Waals surface area contributed by atoms with Crippen LogP contribution in [0.5, 0.6) is 0 Å². The van der Waals surface area contributed by atoms with Crippen molar-refractivity contribution in [3.8, 4) is 5.69 Å². The van der Waals surface area contributed by atoms with Crippen LogP contribution < -0.4 is 5.56 Å². The molecule has 0 aliphatic heterocycles. The summed E-state index contributed by atoms with van der Waals surface area (Å²) in [5.74, 6) is 0.611. The van der Waals surface area contributed by atoms with E-state index in [-0.39, 0.29) is 5.56 Å². The summed E-state index contributed by atoms with van der Waals surface area (Å²) in [6, 6.07) is 22.1. The first kappa shape index (κ1) is 20.7. The van der Waals surface area contributed by atoms with Gasteiger partial charge in [0.1, 0.15) is 5.82 Å². The molecule has 0 unspecified atom stereocenters. The first-order chi connectivity index (χ1) is 15.4. The quantitative estimate of drug-likeness (QED) is 0.258. The van der Waals surface area contributed by atoms with Crippen molar-refractivity contribution < 1.29 is 0 Å². The molecule has 5 aromatic rings. The van der Waals surface area contributed by atoms with Crippen molar-refractivity contribution >= 4 is 56.5 Å². The topological polar surface area (TPSA) is 39.8 Å². The summed E-state index contributed by atoms with van der Waals surface area (Å²) in [6.45, 7) is 4.15. The van der Waals surface area contributed by atoms with Gasteiger partial charge in [0.15, 0.2) is 0 Å². The molecule has 2 aromatic heterocycles. The van der Waals surface area contributed by atoms with Gasteiger partial charge in [0, 0.05) is 32.8 Å². The minimum Gasteiger partial charge on any atom is -0.347 e. The second-order valence-electron chi connectivity index (χ2n) is 8.02. The third-order valence-electron chi connectivity index (χ3n) is 6.00. The SMILES string of the molecule is Cc1ccc(-n2c(/C=C/c3c(C)n(C)c4ccccc34)nc3ccc(I)cc3c2=O)cc1. The van der Waals surface area contributed by atoms with Crippen molar-refractivity contribution in [2.75, 3.05) is 0 Å². The van der Waals surface area contributed by atoms with Crippen molar-refractivity contribution in [2.24, 2.45) is 7.05 Å². The molecule has 5 heteroatoms. The van der Waals surface area contributed by atoms with Crippen LogP contribution in [0.15, 0.2) is 71.5 Å². The van der Waals surface area contributed by atoms with Gasteiger partial charge in [0.25, 0.3) is 5.56 Å². The zero-order chi connectivity index (χ0) is 22.4. The molecule has 32 heavy (non-hydrogen) atoms. The number of hydrogen-bond acceptors (Lipinski definition) is 2. The van der Waals surface area contributed by atoms with Gasteiger partial charge in [0.2, 0.25) is 0 Å². The maximum Gasteiger partial charge on any atom is 0.266 e. The minimum absolute atomic E-state index is 0.0633. The van der Waals surface area contributed by atoms with E-state index in [2.05, 4.69) is 71.5 Å². The lowest BCUT2D eigenvalue weighted by molar-refractivity contribution is 0.916. The Morgan fingerprint density at radius 3 is 2.44 bits per heavy atom. The third-order valence-corrected chi connectivity index (χ3v) is 6.67. The first-order valence-electron chi connectivity index (χ1n) is 10.5. The third kappa shape index (κ3) is 3.46. The Kier molecular flexibility index (Phi) is 5.21. The molecule has 0 spiro atoms. The molecule has 0 fully saturated rings. The molecule has 5 rings (SSSR count). The zero-order valence-electron chi connectivity index (χ0n) is 18.1. The normalized spacial score (nSPS) is 11.8. The van der Waals surface area contributed by atoms with Gasteiger partial charge in [-0.2, -0.15) is 0 Å². The predicted molar refractivity (Wildman–Crippen MR) is 141 cm³/mol. The minimum atomic E-state index is -0.0633. The monoisotopic (exact) mass is 531 g/mol. The van der Waals surface area contributed by atoms with Crippen LogP contribution in [0, 0.1) is 17.4 Å². The molecule has 0 saturated heterocycles. The molecule has 0 bridgehead atoms. The molecule has 0 N–H and O–H groups in total. The fourth-order valence-electron chi connectivity index (χ4n) is 4.15. The van der Waals surface area contributed by atoms with E-state index in [1.54, 1.807) is 4.57 Å². The average molecular weight is 531 g/mol. The van der Waals surface area contributed by atoms with Crippen LogP contribution >= 0.6 is 22.6 Å². The van der Waals surface area contributed by atoms with Gasteiger partial charge >= 0.3 is 0 Å². The van der Waals surface area contributed by atoms with Crippen molar-refractivity contribution in [1.82, 2.24) is 14.1 Å². The summed E-state index contributed by atoms with van der Waals surface area (Å²) >= 11 is 2.23. The summed E-state index contributed by atoms with van der Waals surface area (Å²) in [4.78, 5) is 18.4. The fourth-order valence-corrected chi connectivity index (χ4v) is 4.64. The van der Waals surface area contributed by atoms with Crippen molar-refractivity contribution in [3.63, 3.8) is 0 Å². The van der Waals surface area contributed by atoms with Crippen LogP contribution in [0.25, 0.3) is 39.6 Å². The molecule has 3 aromatic carbocycles. The van der Waals surface area contributed by atoms with Gasteiger partial charge in [-0.25, -0.2) is 4.98 Å². The van der Waals surface area contributed by atoms with Crippen LogP contribution in [-0.2, 0) is 7.05 Å². The Balaban J connectivity index is 1.76. The standard InChI is InChI=1S/C27H22IN3O/c1-17-8-11-20(12-9-17)31-26(29-24-14-10-19(28)16-23(24)27(31)32)15-13-21-18(2)30(3)25-7-5-4-6-22(21)25/h4-16H,1-3H3/b15-13+. The molecule has 0 atom stereocenters. The van der Waals surface area contributed by atoms with E-state index in [4.69, 9.17) is 4.98 Å². The Morgan fingerprint density at radius 1 is 0.906 bits per heavy atom. The number of para-hydroxylation sites is 1. The highest BCUT2D eigenvalue weighted by Gasteiger charge is 2.13. The summed E-state index contributed by atoms with van der Waals surface area (Å²) < 4.78 is 4.91. The van der Waals surface area contributed by atoms with Crippen LogP contribution in [0.1, 0.15) is 22.6 Å². The van der Waals surface area contributed by atoms with E-state index in [1.165, 1.54) is 16.6 Å². The van der Waals surface area contributed by atoms with Crippen LogP contribution in [0.2, 0.25) is 0 Å². The molecule has 158 valence electrons. The zero-order valence-corrected chi connectivity index (χ0v) is 20.3. The number of rotatable bonds is 3. The molecule has 2 heterocycles. The second-order valence-corrected chi connectivity index (χ2v) is 9.26. The molecular weight excluding hydrogens is 509 g/mol. The van der Waals surface area contributed by atoms with Gasteiger partial charge in [-0.15, -0.1) is 0 Å². The smallest absolute Gasteiger partial charge is 0.266 e. The Hall–Kier alpha value is -3.19. The van der Waals surface area contributed by atoms with E-state index < -0.39 is 0 Å². The van der Waals surface area contributed by atoms with E-state index in [0.29, 0.717) is 16.7 Å². The first-order valence-corrected chi connectivity index (χ1v) is 11.5. The predicted octanol–water partition coefficient (Wildman–Crippen LogP) is 6.27. The van der Waals surface area contributed by atoms with Gasteiger partial charge in [-0.05, 0) is 85.0 Å². The maximum atomic E-state index is 13.6. The van der Waals surface area contributed by atoms with Gasteiger partial charge in [0.05, 0.1) is 16.6 Å². The van der Waals surface area contributed by atoms with Crippen LogP contribution in [0.3, 0.4) is 0 Å². The molecule has 0 radical (unpaired) electrons. The Labute approximate surface area is 200 Å². The highest BCUT2D eigenvalue weighted by Crippen LogP contribution is 2.27. The van der Waals surface area contributed by atoms with E-state index in [9.17, 15) is 4.79 Å². The molecule has 0 aliphatic carbocycles. The summed E-state index contributed by atoms with van der Waals surface area (Å²) in [6.07, 6.45) is 4.02. The molecule has 0 aliphatic rings. The highest BCUT2D eigenvalue weighted by atomic mass is 127.